The third-order valence-corrected chi connectivity index (χ3v) is 3.85. The van der Waals surface area contributed by atoms with Gasteiger partial charge in [0.15, 0.2) is 23.1 Å². The van der Waals surface area contributed by atoms with Crippen LogP contribution >= 0.6 is 0 Å². The van der Waals surface area contributed by atoms with Crippen LogP contribution in [0.25, 0.3) is 12.2 Å². The Morgan fingerprint density at radius 1 is 0.821 bits per heavy atom. The number of hydrogen-bond acceptors (Lipinski definition) is 6. The van der Waals surface area contributed by atoms with Crippen molar-refractivity contribution in [3.05, 3.63) is 59.7 Å². The van der Waals surface area contributed by atoms with Crippen molar-refractivity contribution in [1.82, 2.24) is 0 Å². The molecule has 146 valence electrons. The second-order valence-corrected chi connectivity index (χ2v) is 5.85. The lowest BCUT2D eigenvalue weighted by atomic mass is 10.1. The number of aromatic hydroxyl groups is 1. The predicted molar refractivity (Wildman–Crippen MR) is 107 cm³/mol. The Morgan fingerprint density at radius 3 is 1.89 bits per heavy atom. The van der Waals surface area contributed by atoms with E-state index in [1.54, 1.807) is 50.6 Å². The Hall–Kier alpha value is -3.54. The standard InChI is InChI=1S/C22H22O6/c1-26-19-10-16(11-20(14-19)27-2)5-8-18(24)13-17(23)7-4-15-6-9-22(28-3)21(25)12-15/h4-12,14,25H,13H2,1-3H3. The number of phenols is 1. The molecule has 0 bridgehead atoms. The number of hydrogen-bond donors (Lipinski definition) is 1. The summed E-state index contributed by atoms with van der Waals surface area (Å²) >= 11 is 0. The molecule has 0 unspecified atom stereocenters. The Kier molecular flexibility index (Phi) is 7.39. The van der Waals surface area contributed by atoms with E-state index in [0.717, 1.165) is 5.56 Å². The van der Waals surface area contributed by atoms with Crippen LogP contribution in [0, 0.1) is 0 Å². The van der Waals surface area contributed by atoms with Gasteiger partial charge in [0.05, 0.1) is 27.8 Å². The number of methoxy groups -OCH3 is 3. The van der Waals surface area contributed by atoms with Crippen molar-refractivity contribution in [2.75, 3.05) is 21.3 Å². The van der Waals surface area contributed by atoms with Crippen molar-refractivity contribution in [1.29, 1.82) is 0 Å². The summed E-state index contributed by atoms with van der Waals surface area (Å²) in [4.78, 5) is 24.0. The first-order valence-corrected chi connectivity index (χ1v) is 8.47. The molecule has 2 aromatic carbocycles. The van der Waals surface area contributed by atoms with E-state index in [-0.39, 0.29) is 23.7 Å². The smallest absolute Gasteiger partial charge is 0.163 e. The average Bonchev–Trinajstić information content (AvgIpc) is 2.70. The summed E-state index contributed by atoms with van der Waals surface area (Å²) in [6, 6.07) is 10.00. The lowest BCUT2D eigenvalue weighted by molar-refractivity contribution is -0.121. The number of allylic oxidation sites excluding steroid dienone is 2. The summed E-state index contributed by atoms with van der Waals surface area (Å²) in [5.74, 6) is 0.867. The van der Waals surface area contributed by atoms with Crippen LogP contribution in [-0.4, -0.2) is 38.0 Å². The maximum Gasteiger partial charge on any atom is 0.163 e. The van der Waals surface area contributed by atoms with Crippen LogP contribution in [0.15, 0.2) is 48.6 Å². The van der Waals surface area contributed by atoms with E-state index in [9.17, 15) is 14.7 Å². The second kappa shape index (κ2) is 9.97. The molecule has 0 atom stereocenters. The summed E-state index contributed by atoms with van der Waals surface area (Å²) in [6.07, 6.45) is 5.54. The maximum atomic E-state index is 12.0. The molecule has 6 heteroatoms. The lowest BCUT2D eigenvalue weighted by Crippen LogP contribution is -2.01. The van der Waals surface area contributed by atoms with E-state index in [0.29, 0.717) is 22.8 Å². The fraction of sp³-hybridized carbons (Fsp3) is 0.182. The molecule has 2 aromatic rings. The van der Waals surface area contributed by atoms with E-state index in [4.69, 9.17) is 14.2 Å². The first-order valence-electron chi connectivity index (χ1n) is 8.47. The number of benzene rings is 2. The van der Waals surface area contributed by atoms with Crippen molar-refractivity contribution in [3.63, 3.8) is 0 Å². The number of phenolic OH excluding ortho intramolecular Hbond substituents is 1. The predicted octanol–water partition coefficient (Wildman–Crippen LogP) is 3.67. The Morgan fingerprint density at radius 2 is 1.39 bits per heavy atom. The molecule has 28 heavy (non-hydrogen) atoms. The molecule has 2 rings (SSSR count). The number of ether oxygens (including phenoxy) is 3. The minimum atomic E-state index is -0.340. The zero-order chi connectivity index (χ0) is 20.5. The topological polar surface area (TPSA) is 82.1 Å². The van der Waals surface area contributed by atoms with Gasteiger partial charge in [-0.25, -0.2) is 0 Å². The highest BCUT2D eigenvalue weighted by Crippen LogP contribution is 2.26. The lowest BCUT2D eigenvalue weighted by Gasteiger charge is -2.05. The Labute approximate surface area is 163 Å². The Bertz CT molecular complexity index is 889. The van der Waals surface area contributed by atoms with Gasteiger partial charge in [-0.05, 0) is 47.5 Å². The van der Waals surface area contributed by atoms with E-state index < -0.39 is 0 Å². The van der Waals surface area contributed by atoms with Gasteiger partial charge in [-0.3, -0.25) is 9.59 Å². The largest absolute Gasteiger partial charge is 0.504 e. The van der Waals surface area contributed by atoms with Crippen molar-refractivity contribution >= 4 is 23.7 Å². The molecule has 6 nitrogen and oxygen atoms in total. The van der Waals surface area contributed by atoms with Crippen LogP contribution in [0.1, 0.15) is 17.5 Å². The number of rotatable bonds is 9. The average molecular weight is 382 g/mol. The van der Waals surface area contributed by atoms with Crippen LogP contribution in [0.3, 0.4) is 0 Å². The fourth-order valence-corrected chi connectivity index (χ4v) is 2.40. The molecule has 0 fully saturated rings. The van der Waals surface area contributed by atoms with E-state index >= 15 is 0 Å². The van der Waals surface area contributed by atoms with E-state index in [2.05, 4.69) is 0 Å². The third kappa shape index (κ3) is 6.02. The SMILES string of the molecule is COc1cc(C=CC(=O)CC(=O)C=Cc2ccc(OC)c(O)c2)cc(OC)c1. The molecule has 0 aliphatic heterocycles. The van der Waals surface area contributed by atoms with Gasteiger partial charge in [0, 0.05) is 6.07 Å². The summed E-state index contributed by atoms with van der Waals surface area (Å²) in [5, 5.41) is 9.73. The molecule has 0 aliphatic carbocycles. The third-order valence-electron chi connectivity index (χ3n) is 3.85. The molecule has 0 saturated heterocycles. The highest BCUT2D eigenvalue weighted by atomic mass is 16.5. The highest BCUT2D eigenvalue weighted by Gasteiger charge is 2.06. The van der Waals surface area contributed by atoms with Crippen LogP contribution in [-0.2, 0) is 9.59 Å². The van der Waals surface area contributed by atoms with Crippen LogP contribution in [0.2, 0.25) is 0 Å². The van der Waals surface area contributed by atoms with Crippen molar-refractivity contribution in [2.45, 2.75) is 6.42 Å². The van der Waals surface area contributed by atoms with Crippen LogP contribution < -0.4 is 14.2 Å². The molecule has 0 amide bonds. The second-order valence-electron chi connectivity index (χ2n) is 5.85. The summed E-state index contributed by atoms with van der Waals surface area (Å²) in [7, 11) is 4.54. The monoisotopic (exact) mass is 382 g/mol. The van der Waals surface area contributed by atoms with Crippen molar-refractivity contribution in [2.24, 2.45) is 0 Å². The van der Waals surface area contributed by atoms with Crippen LogP contribution in [0.4, 0.5) is 0 Å². The summed E-state index contributed by atoms with van der Waals surface area (Å²) in [6.45, 7) is 0. The summed E-state index contributed by atoms with van der Waals surface area (Å²) in [5.41, 5.74) is 1.35. The van der Waals surface area contributed by atoms with Gasteiger partial charge < -0.3 is 19.3 Å². The zero-order valence-electron chi connectivity index (χ0n) is 16.0. The van der Waals surface area contributed by atoms with Crippen molar-refractivity contribution in [3.8, 4) is 23.0 Å². The van der Waals surface area contributed by atoms with Gasteiger partial charge >= 0.3 is 0 Å². The molecule has 0 saturated carbocycles. The fourth-order valence-electron chi connectivity index (χ4n) is 2.40. The molecular weight excluding hydrogens is 360 g/mol. The molecule has 0 aliphatic rings. The van der Waals surface area contributed by atoms with E-state index in [1.807, 2.05) is 0 Å². The highest BCUT2D eigenvalue weighted by molar-refractivity contribution is 6.10. The van der Waals surface area contributed by atoms with Crippen LogP contribution in [0.5, 0.6) is 23.0 Å². The molecule has 0 spiro atoms. The van der Waals surface area contributed by atoms with Gasteiger partial charge in [0.1, 0.15) is 11.5 Å². The normalized spacial score (nSPS) is 11.0. The van der Waals surface area contributed by atoms with Gasteiger partial charge in [0.25, 0.3) is 0 Å². The molecule has 0 heterocycles. The minimum Gasteiger partial charge on any atom is -0.504 e. The van der Waals surface area contributed by atoms with E-state index in [1.165, 1.54) is 31.4 Å². The first-order chi connectivity index (χ1) is 13.4. The van der Waals surface area contributed by atoms with Gasteiger partial charge in [0.2, 0.25) is 0 Å². The van der Waals surface area contributed by atoms with Gasteiger partial charge in [-0.2, -0.15) is 0 Å². The number of carbonyl (C=O) groups is 2. The Balaban J connectivity index is 1.98. The number of ketones is 2. The number of carbonyl (C=O) groups excluding carboxylic acids is 2. The van der Waals surface area contributed by atoms with Gasteiger partial charge in [-0.1, -0.05) is 18.2 Å². The minimum absolute atomic E-state index is 0.0233. The molecule has 1 N–H and O–H groups in total. The van der Waals surface area contributed by atoms with Crippen molar-refractivity contribution < 1.29 is 28.9 Å². The van der Waals surface area contributed by atoms with Gasteiger partial charge in [-0.15, -0.1) is 0 Å². The molecular formula is C22H22O6. The molecule has 0 aromatic heterocycles. The molecule has 0 radical (unpaired) electrons. The first kappa shape index (κ1) is 20.8. The zero-order valence-corrected chi connectivity index (χ0v) is 16.0. The maximum absolute atomic E-state index is 12.0. The summed E-state index contributed by atoms with van der Waals surface area (Å²) < 4.78 is 15.3. The quantitative estimate of drug-likeness (QED) is 0.526.